The first kappa shape index (κ1) is 23.9. The van der Waals surface area contributed by atoms with Crippen LogP contribution in [-0.2, 0) is 18.4 Å². The molecule has 168 valence electrons. The first-order valence-electron chi connectivity index (χ1n) is 10.4. The van der Waals surface area contributed by atoms with E-state index in [-0.39, 0.29) is 24.1 Å². The molecule has 0 atom stereocenters. The zero-order valence-electron chi connectivity index (χ0n) is 18.6. The lowest BCUT2D eigenvalue weighted by Crippen LogP contribution is -2.45. The van der Waals surface area contributed by atoms with Crippen LogP contribution < -0.4 is 5.32 Å². The summed E-state index contributed by atoms with van der Waals surface area (Å²) in [6.45, 7) is 7.49. The van der Waals surface area contributed by atoms with Gasteiger partial charge >= 0.3 is 6.03 Å². The van der Waals surface area contributed by atoms with Gasteiger partial charge in [-0.3, -0.25) is 14.9 Å². The molecular weight excluding hydrogens is 398 g/mol. The number of nitro groups is 1. The molecule has 0 saturated carbocycles. The van der Waals surface area contributed by atoms with Gasteiger partial charge < -0.3 is 19.7 Å². The number of rotatable bonds is 10. The summed E-state index contributed by atoms with van der Waals surface area (Å²) < 4.78 is 1.98. The first-order valence-corrected chi connectivity index (χ1v) is 10.4. The molecule has 9 nitrogen and oxygen atoms in total. The molecule has 0 radical (unpaired) electrons. The summed E-state index contributed by atoms with van der Waals surface area (Å²) in [5.41, 5.74) is 1.40. The summed E-state index contributed by atoms with van der Waals surface area (Å²) in [5.74, 6) is 0.167. The van der Waals surface area contributed by atoms with Gasteiger partial charge in [-0.1, -0.05) is 20.8 Å². The lowest BCUT2D eigenvalue weighted by molar-refractivity contribution is -0.384. The van der Waals surface area contributed by atoms with E-state index in [2.05, 4.69) is 19.2 Å². The SMILES string of the molecule is CCCN(CC(=O)N(Cc1cccn1C)CC(C)C)C(=O)Nc1ccc([N+](=O)[O-])cc1. The molecule has 0 aliphatic heterocycles. The van der Waals surface area contributed by atoms with Crippen molar-refractivity contribution in [1.29, 1.82) is 0 Å². The van der Waals surface area contributed by atoms with Crippen LogP contribution in [0.3, 0.4) is 0 Å². The lowest BCUT2D eigenvalue weighted by Gasteiger charge is -2.29. The van der Waals surface area contributed by atoms with Gasteiger partial charge in [0.15, 0.2) is 0 Å². The van der Waals surface area contributed by atoms with Gasteiger partial charge in [0.25, 0.3) is 5.69 Å². The molecule has 3 amide bonds. The Labute approximate surface area is 182 Å². The largest absolute Gasteiger partial charge is 0.353 e. The van der Waals surface area contributed by atoms with Crippen molar-refractivity contribution in [3.05, 3.63) is 58.4 Å². The molecule has 1 aromatic heterocycles. The number of carbonyl (C=O) groups is 2. The molecule has 0 fully saturated rings. The maximum absolute atomic E-state index is 13.1. The molecule has 0 unspecified atom stereocenters. The van der Waals surface area contributed by atoms with Gasteiger partial charge in [-0.2, -0.15) is 0 Å². The monoisotopic (exact) mass is 429 g/mol. The van der Waals surface area contributed by atoms with Crippen LogP contribution in [0, 0.1) is 16.0 Å². The molecule has 0 saturated heterocycles. The Balaban J connectivity index is 2.09. The number of carbonyl (C=O) groups excluding carboxylic acids is 2. The summed E-state index contributed by atoms with van der Waals surface area (Å²) >= 11 is 0. The van der Waals surface area contributed by atoms with Crippen LogP contribution in [0.4, 0.5) is 16.2 Å². The van der Waals surface area contributed by atoms with Gasteiger partial charge in [-0.15, -0.1) is 0 Å². The highest BCUT2D eigenvalue weighted by Crippen LogP contribution is 2.16. The standard InChI is InChI=1S/C22H31N5O4/c1-5-12-25(22(29)23-18-8-10-19(11-9-18)27(30)31)16-21(28)26(14-17(2)3)15-20-7-6-13-24(20)4/h6-11,13,17H,5,12,14-16H2,1-4H3,(H,23,29). The number of benzene rings is 1. The fourth-order valence-electron chi connectivity index (χ4n) is 3.21. The molecule has 1 aromatic carbocycles. The maximum Gasteiger partial charge on any atom is 0.322 e. The van der Waals surface area contributed by atoms with Crippen LogP contribution >= 0.6 is 0 Å². The number of hydrogen-bond donors (Lipinski definition) is 1. The van der Waals surface area contributed by atoms with Gasteiger partial charge in [0.1, 0.15) is 6.54 Å². The Bertz CT molecular complexity index is 892. The molecule has 2 aromatic rings. The van der Waals surface area contributed by atoms with Crippen molar-refractivity contribution >= 4 is 23.3 Å². The van der Waals surface area contributed by atoms with Crippen molar-refractivity contribution in [1.82, 2.24) is 14.4 Å². The molecular formula is C22H31N5O4. The quantitative estimate of drug-likeness (QED) is 0.458. The number of urea groups is 1. The molecule has 1 heterocycles. The van der Waals surface area contributed by atoms with Crippen LogP contribution in [0.25, 0.3) is 0 Å². The number of nitrogens with one attached hydrogen (secondary N) is 1. The maximum atomic E-state index is 13.1. The average molecular weight is 430 g/mol. The van der Waals surface area contributed by atoms with Crippen LogP contribution in [0.5, 0.6) is 0 Å². The summed E-state index contributed by atoms with van der Waals surface area (Å²) in [7, 11) is 1.94. The molecule has 1 N–H and O–H groups in total. The number of non-ortho nitro benzene ring substituents is 1. The van der Waals surface area contributed by atoms with E-state index in [1.165, 1.54) is 29.2 Å². The van der Waals surface area contributed by atoms with Gasteiger partial charge in [0.05, 0.1) is 11.5 Å². The number of aryl methyl sites for hydroxylation is 1. The topological polar surface area (TPSA) is 101 Å². The molecule has 31 heavy (non-hydrogen) atoms. The van der Waals surface area contributed by atoms with E-state index in [0.29, 0.717) is 31.7 Å². The lowest BCUT2D eigenvalue weighted by atomic mass is 10.2. The van der Waals surface area contributed by atoms with Crippen molar-refractivity contribution in [2.24, 2.45) is 13.0 Å². The number of amides is 3. The van der Waals surface area contributed by atoms with E-state index < -0.39 is 11.0 Å². The first-order chi connectivity index (χ1) is 14.7. The van der Waals surface area contributed by atoms with Gasteiger partial charge in [-0.05, 0) is 36.6 Å². The van der Waals surface area contributed by atoms with Crippen LogP contribution in [0.1, 0.15) is 32.9 Å². The van der Waals surface area contributed by atoms with E-state index in [1.54, 1.807) is 4.90 Å². The normalized spacial score (nSPS) is 10.7. The third-order valence-corrected chi connectivity index (χ3v) is 4.78. The van der Waals surface area contributed by atoms with Crippen molar-refractivity contribution in [3.8, 4) is 0 Å². The zero-order chi connectivity index (χ0) is 23.0. The van der Waals surface area contributed by atoms with E-state index in [0.717, 1.165) is 5.69 Å². The Kier molecular flexibility index (Phi) is 8.60. The minimum atomic E-state index is -0.496. The Morgan fingerprint density at radius 1 is 1.16 bits per heavy atom. The second kappa shape index (κ2) is 11.1. The second-order valence-corrected chi connectivity index (χ2v) is 7.93. The Morgan fingerprint density at radius 2 is 1.84 bits per heavy atom. The number of anilines is 1. The average Bonchev–Trinajstić information content (AvgIpc) is 3.11. The zero-order valence-corrected chi connectivity index (χ0v) is 18.6. The fourth-order valence-corrected chi connectivity index (χ4v) is 3.21. The summed E-state index contributed by atoms with van der Waals surface area (Å²) in [4.78, 5) is 39.4. The number of nitro benzene ring substituents is 1. The molecule has 9 heteroatoms. The summed E-state index contributed by atoms with van der Waals surface area (Å²) in [6.07, 6.45) is 2.64. The fraction of sp³-hybridized carbons (Fsp3) is 0.455. The molecule has 0 aliphatic carbocycles. The van der Waals surface area contributed by atoms with E-state index >= 15 is 0 Å². The highest BCUT2D eigenvalue weighted by atomic mass is 16.6. The molecule has 0 spiro atoms. The van der Waals surface area contributed by atoms with E-state index in [4.69, 9.17) is 0 Å². The van der Waals surface area contributed by atoms with Gasteiger partial charge in [0.2, 0.25) is 5.91 Å². The number of nitrogens with zero attached hydrogens (tertiary/aromatic N) is 4. The predicted molar refractivity (Wildman–Crippen MR) is 120 cm³/mol. The predicted octanol–water partition coefficient (Wildman–Crippen LogP) is 3.86. The van der Waals surface area contributed by atoms with Crippen molar-refractivity contribution in [2.45, 2.75) is 33.7 Å². The molecule has 2 rings (SSSR count). The molecule has 0 bridgehead atoms. The van der Waals surface area contributed by atoms with Crippen molar-refractivity contribution in [2.75, 3.05) is 25.0 Å². The molecule has 0 aliphatic rings. The minimum absolute atomic E-state index is 0.0379. The van der Waals surface area contributed by atoms with E-state index in [1.807, 2.05) is 36.9 Å². The minimum Gasteiger partial charge on any atom is -0.353 e. The van der Waals surface area contributed by atoms with Crippen LogP contribution in [0.15, 0.2) is 42.6 Å². The van der Waals surface area contributed by atoms with Crippen LogP contribution in [0.2, 0.25) is 0 Å². The van der Waals surface area contributed by atoms with E-state index in [9.17, 15) is 19.7 Å². The highest BCUT2D eigenvalue weighted by Gasteiger charge is 2.22. The Hall–Kier alpha value is -3.36. The Morgan fingerprint density at radius 3 is 2.35 bits per heavy atom. The van der Waals surface area contributed by atoms with Crippen molar-refractivity contribution in [3.63, 3.8) is 0 Å². The van der Waals surface area contributed by atoms with Crippen LogP contribution in [-0.4, -0.2) is 50.9 Å². The van der Waals surface area contributed by atoms with Gasteiger partial charge in [-0.25, -0.2) is 4.79 Å². The number of hydrogen-bond acceptors (Lipinski definition) is 4. The van der Waals surface area contributed by atoms with Crippen molar-refractivity contribution < 1.29 is 14.5 Å². The number of aromatic nitrogens is 1. The summed E-state index contributed by atoms with van der Waals surface area (Å²) in [5, 5.41) is 13.5. The highest BCUT2D eigenvalue weighted by molar-refractivity contribution is 5.92. The summed E-state index contributed by atoms with van der Waals surface area (Å²) in [6, 6.07) is 9.11. The smallest absolute Gasteiger partial charge is 0.322 e. The third-order valence-electron chi connectivity index (χ3n) is 4.78. The van der Waals surface area contributed by atoms with Gasteiger partial charge in [0, 0.05) is 49.8 Å². The third kappa shape index (κ3) is 7.13. The second-order valence-electron chi connectivity index (χ2n) is 7.93.